The summed E-state index contributed by atoms with van der Waals surface area (Å²) in [7, 11) is 0. The van der Waals surface area contributed by atoms with Gasteiger partial charge in [-0.1, -0.05) is 30.1 Å². The predicted octanol–water partition coefficient (Wildman–Crippen LogP) is 3.36. The fourth-order valence-corrected chi connectivity index (χ4v) is 2.36. The molecule has 0 atom stereocenters. The van der Waals surface area contributed by atoms with Crippen molar-refractivity contribution in [3.8, 4) is 5.69 Å². The van der Waals surface area contributed by atoms with Gasteiger partial charge in [0.05, 0.1) is 10.0 Å². The largest absolute Gasteiger partial charge is 0.475 e. The van der Waals surface area contributed by atoms with E-state index in [1.807, 2.05) is 6.92 Å². The number of aromatic carboxylic acids is 1. The molecule has 8 heteroatoms. The van der Waals surface area contributed by atoms with Gasteiger partial charge < -0.3 is 5.11 Å². The molecule has 0 bridgehead atoms. The van der Waals surface area contributed by atoms with Crippen molar-refractivity contribution < 1.29 is 14.3 Å². The Labute approximate surface area is 124 Å². The third-order valence-corrected chi connectivity index (χ3v) is 3.11. The fourth-order valence-electron chi connectivity index (χ4n) is 1.74. The van der Waals surface area contributed by atoms with Gasteiger partial charge >= 0.3 is 5.97 Å². The van der Waals surface area contributed by atoms with Crippen LogP contribution in [0, 0.1) is 5.82 Å². The topological polar surface area (TPSA) is 68.0 Å². The van der Waals surface area contributed by atoms with E-state index in [2.05, 4.69) is 10.1 Å². The molecule has 0 aliphatic carbocycles. The zero-order valence-electron chi connectivity index (χ0n) is 10.4. The highest BCUT2D eigenvalue weighted by atomic mass is 35.5. The van der Waals surface area contributed by atoms with Gasteiger partial charge in [-0.15, -0.1) is 5.10 Å². The van der Waals surface area contributed by atoms with Crippen LogP contribution >= 0.6 is 23.2 Å². The van der Waals surface area contributed by atoms with Crippen LogP contribution in [0.4, 0.5) is 4.39 Å². The Bertz CT molecular complexity index is 650. The lowest BCUT2D eigenvalue weighted by Gasteiger charge is -2.09. The van der Waals surface area contributed by atoms with E-state index < -0.39 is 11.8 Å². The van der Waals surface area contributed by atoms with E-state index in [1.54, 1.807) is 0 Å². The van der Waals surface area contributed by atoms with E-state index >= 15 is 0 Å². The quantitative estimate of drug-likeness (QED) is 0.938. The van der Waals surface area contributed by atoms with Crippen molar-refractivity contribution in [1.82, 2.24) is 14.8 Å². The Morgan fingerprint density at radius 3 is 2.50 bits per heavy atom. The van der Waals surface area contributed by atoms with Gasteiger partial charge in [-0.3, -0.25) is 0 Å². The molecule has 106 valence electrons. The average molecular weight is 318 g/mol. The lowest BCUT2D eigenvalue weighted by Crippen LogP contribution is -2.05. The number of halogens is 3. The van der Waals surface area contributed by atoms with Gasteiger partial charge in [0, 0.05) is 6.42 Å². The number of nitrogens with zero attached hydrogens (tertiary/aromatic N) is 3. The number of rotatable bonds is 4. The molecule has 0 aliphatic heterocycles. The standard InChI is InChI=1S/C12H10Cl2FN3O2/c1-2-3-9-16-11(12(19)20)17-18(9)10-7(13)4-6(15)5-8(10)14/h4-5H,2-3H2,1H3,(H,19,20). The third kappa shape index (κ3) is 2.76. The Morgan fingerprint density at radius 1 is 1.40 bits per heavy atom. The molecule has 0 saturated carbocycles. The molecule has 0 unspecified atom stereocenters. The molecule has 20 heavy (non-hydrogen) atoms. The van der Waals surface area contributed by atoms with Crippen molar-refractivity contribution >= 4 is 29.2 Å². The summed E-state index contributed by atoms with van der Waals surface area (Å²) in [5.74, 6) is -1.79. The number of hydrogen-bond acceptors (Lipinski definition) is 3. The minimum absolute atomic E-state index is 0.0363. The Balaban J connectivity index is 2.65. The van der Waals surface area contributed by atoms with Crippen LogP contribution in [0.2, 0.25) is 10.0 Å². The Hall–Kier alpha value is -1.66. The van der Waals surface area contributed by atoms with Gasteiger partial charge in [-0.25, -0.2) is 18.9 Å². The first-order valence-electron chi connectivity index (χ1n) is 5.78. The van der Waals surface area contributed by atoms with Gasteiger partial charge in [0.25, 0.3) is 5.82 Å². The minimum atomic E-state index is -1.25. The van der Waals surface area contributed by atoms with Crippen LogP contribution in [0.15, 0.2) is 12.1 Å². The molecule has 5 nitrogen and oxygen atoms in total. The summed E-state index contributed by atoms with van der Waals surface area (Å²) in [6.07, 6.45) is 1.22. The van der Waals surface area contributed by atoms with Crippen molar-refractivity contribution in [3.63, 3.8) is 0 Å². The maximum atomic E-state index is 13.2. The van der Waals surface area contributed by atoms with E-state index in [0.29, 0.717) is 12.2 Å². The van der Waals surface area contributed by atoms with Crippen LogP contribution in [-0.4, -0.2) is 25.8 Å². The predicted molar refractivity (Wildman–Crippen MR) is 72.3 cm³/mol. The van der Waals surface area contributed by atoms with Crippen LogP contribution < -0.4 is 0 Å². The Kier molecular flexibility index (Phi) is 4.25. The van der Waals surface area contributed by atoms with E-state index in [1.165, 1.54) is 4.68 Å². The summed E-state index contributed by atoms with van der Waals surface area (Å²) in [6.45, 7) is 1.91. The van der Waals surface area contributed by atoms with Crippen LogP contribution in [0.3, 0.4) is 0 Å². The van der Waals surface area contributed by atoms with E-state index in [4.69, 9.17) is 28.3 Å². The van der Waals surface area contributed by atoms with Gasteiger partial charge in [-0.05, 0) is 18.6 Å². The molecule has 1 heterocycles. The molecule has 2 aromatic rings. The second kappa shape index (κ2) is 5.76. The maximum Gasteiger partial charge on any atom is 0.375 e. The summed E-state index contributed by atoms with van der Waals surface area (Å²) < 4.78 is 14.4. The monoisotopic (exact) mass is 317 g/mol. The highest BCUT2D eigenvalue weighted by Gasteiger charge is 2.20. The molecule has 2 rings (SSSR count). The summed E-state index contributed by atoms with van der Waals surface area (Å²) in [4.78, 5) is 14.9. The van der Waals surface area contributed by atoms with Crippen LogP contribution in [0.5, 0.6) is 0 Å². The van der Waals surface area contributed by atoms with E-state index in [0.717, 1.165) is 18.6 Å². The zero-order valence-corrected chi connectivity index (χ0v) is 11.9. The number of benzene rings is 1. The summed E-state index contributed by atoms with van der Waals surface area (Å²) >= 11 is 11.9. The number of carbonyl (C=O) groups is 1. The van der Waals surface area contributed by atoms with Crippen LogP contribution in [-0.2, 0) is 6.42 Å². The van der Waals surface area contributed by atoms with Gasteiger partial charge in [0.2, 0.25) is 0 Å². The minimum Gasteiger partial charge on any atom is -0.475 e. The molecule has 1 N–H and O–H groups in total. The number of carboxylic acid groups (broad SMARTS) is 1. The zero-order chi connectivity index (χ0) is 14.9. The van der Waals surface area contributed by atoms with Crippen molar-refractivity contribution in [3.05, 3.63) is 39.6 Å². The van der Waals surface area contributed by atoms with Gasteiger partial charge in [0.15, 0.2) is 0 Å². The highest BCUT2D eigenvalue weighted by Crippen LogP contribution is 2.30. The SMILES string of the molecule is CCCc1nc(C(=O)O)nn1-c1c(Cl)cc(F)cc1Cl. The summed E-state index contributed by atoms with van der Waals surface area (Å²) in [6, 6.07) is 2.17. The summed E-state index contributed by atoms with van der Waals surface area (Å²) in [5.41, 5.74) is 0.221. The number of aryl methyl sites for hydroxylation is 1. The first-order chi connectivity index (χ1) is 9.43. The first-order valence-corrected chi connectivity index (χ1v) is 6.53. The lowest BCUT2D eigenvalue weighted by molar-refractivity contribution is 0.0683. The second-order valence-corrected chi connectivity index (χ2v) is 4.85. The molecule has 0 fully saturated rings. The molecular formula is C12H10Cl2FN3O2. The van der Waals surface area contributed by atoms with Crippen molar-refractivity contribution in [2.75, 3.05) is 0 Å². The van der Waals surface area contributed by atoms with Crippen LogP contribution in [0.1, 0.15) is 29.8 Å². The fraction of sp³-hybridized carbons (Fsp3) is 0.250. The average Bonchev–Trinajstić information content (AvgIpc) is 2.72. The summed E-state index contributed by atoms with van der Waals surface area (Å²) in [5, 5.41) is 12.9. The molecule has 0 spiro atoms. The molecular weight excluding hydrogens is 308 g/mol. The van der Waals surface area contributed by atoms with Crippen molar-refractivity contribution in [1.29, 1.82) is 0 Å². The Morgan fingerprint density at radius 2 is 2.00 bits per heavy atom. The van der Waals surface area contributed by atoms with Crippen molar-refractivity contribution in [2.45, 2.75) is 19.8 Å². The number of carboxylic acids is 1. The smallest absolute Gasteiger partial charge is 0.375 e. The van der Waals surface area contributed by atoms with E-state index in [-0.39, 0.29) is 21.6 Å². The second-order valence-electron chi connectivity index (χ2n) is 4.04. The molecule has 0 aliphatic rings. The number of aromatic nitrogens is 3. The first kappa shape index (κ1) is 14.7. The molecule has 0 amide bonds. The third-order valence-electron chi connectivity index (χ3n) is 2.53. The van der Waals surface area contributed by atoms with Gasteiger partial charge in [-0.2, -0.15) is 0 Å². The normalized spacial score (nSPS) is 10.8. The molecule has 0 radical (unpaired) electrons. The highest BCUT2D eigenvalue weighted by molar-refractivity contribution is 6.37. The molecule has 1 aromatic heterocycles. The van der Waals surface area contributed by atoms with Crippen molar-refractivity contribution in [2.24, 2.45) is 0 Å². The number of hydrogen-bond donors (Lipinski definition) is 1. The molecule has 0 saturated heterocycles. The van der Waals surface area contributed by atoms with Gasteiger partial charge in [0.1, 0.15) is 17.3 Å². The lowest BCUT2D eigenvalue weighted by atomic mass is 10.3. The van der Waals surface area contributed by atoms with Crippen LogP contribution in [0.25, 0.3) is 5.69 Å². The maximum absolute atomic E-state index is 13.2. The van der Waals surface area contributed by atoms with E-state index in [9.17, 15) is 9.18 Å². The molecule has 1 aromatic carbocycles.